The smallest absolute Gasteiger partial charge is 0.117 e. The maximum absolute atomic E-state index is 4.86. The zero-order valence-electron chi connectivity index (χ0n) is 13.6. The first-order valence-electron chi connectivity index (χ1n) is 7.84. The molecule has 4 nitrogen and oxygen atoms in total. The van der Waals surface area contributed by atoms with Crippen molar-refractivity contribution in [3.05, 3.63) is 72.1 Å². The highest BCUT2D eigenvalue weighted by molar-refractivity contribution is 5.85. The summed E-state index contributed by atoms with van der Waals surface area (Å²) in [6, 6.07) is 15.7. The molecule has 0 aliphatic heterocycles. The summed E-state index contributed by atoms with van der Waals surface area (Å²) in [5, 5.41) is 0. The molecule has 116 valence electrons. The summed E-state index contributed by atoms with van der Waals surface area (Å²) in [6.07, 6.45) is 3.54. The molecule has 4 heteroatoms. The number of hydrogen-bond acceptors (Lipinski definition) is 4. The van der Waals surface area contributed by atoms with Gasteiger partial charge in [-0.3, -0.25) is 9.97 Å². The fourth-order valence-electron chi connectivity index (χ4n) is 2.67. The average molecular weight is 312 g/mol. The van der Waals surface area contributed by atoms with E-state index in [1.807, 2.05) is 36.4 Å². The molecule has 0 fully saturated rings. The Labute approximate surface area is 140 Å². The predicted molar refractivity (Wildman–Crippen MR) is 95.5 cm³/mol. The molecule has 4 rings (SSSR count). The number of hydrogen-bond donors (Lipinski definition) is 0. The summed E-state index contributed by atoms with van der Waals surface area (Å²) in [7, 11) is 0. The molecule has 1 aromatic carbocycles. The molecular weight excluding hydrogens is 296 g/mol. The molecule has 0 radical (unpaired) electrons. The number of benzene rings is 1. The minimum Gasteiger partial charge on any atom is -0.255 e. The molecule has 0 aliphatic rings. The van der Waals surface area contributed by atoms with Crippen molar-refractivity contribution in [1.82, 2.24) is 19.9 Å². The molecule has 3 heterocycles. The van der Waals surface area contributed by atoms with Crippen LogP contribution in [0, 0.1) is 13.8 Å². The lowest BCUT2D eigenvalue weighted by molar-refractivity contribution is 1.20. The monoisotopic (exact) mass is 312 g/mol. The average Bonchev–Trinajstić information content (AvgIpc) is 2.63. The fraction of sp³-hybridized carbons (Fsp3) is 0.100. The molecular formula is C20H16N4. The summed E-state index contributed by atoms with van der Waals surface area (Å²) in [5.41, 5.74) is 7.26. The highest BCUT2D eigenvalue weighted by atomic mass is 14.9. The van der Waals surface area contributed by atoms with Crippen molar-refractivity contribution in [2.24, 2.45) is 0 Å². The normalized spacial score (nSPS) is 10.9. The lowest BCUT2D eigenvalue weighted by Gasteiger charge is -2.10. The van der Waals surface area contributed by atoms with Crippen LogP contribution < -0.4 is 0 Å². The number of aryl methyl sites for hydroxylation is 2. The molecule has 0 atom stereocenters. The van der Waals surface area contributed by atoms with Gasteiger partial charge >= 0.3 is 0 Å². The van der Waals surface area contributed by atoms with Gasteiger partial charge in [0, 0.05) is 12.4 Å². The number of pyridine rings is 2. The van der Waals surface area contributed by atoms with Gasteiger partial charge in [0.2, 0.25) is 0 Å². The van der Waals surface area contributed by atoms with E-state index in [1.54, 1.807) is 12.4 Å². The van der Waals surface area contributed by atoms with Crippen LogP contribution in [0.3, 0.4) is 0 Å². The van der Waals surface area contributed by atoms with Crippen molar-refractivity contribution in [3.63, 3.8) is 0 Å². The van der Waals surface area contributed by atoms with Crippen LogP contribution in [0.1, 0.15) is 11.1 Å². The van der Waals surface area contributed by atoms with Crippen molar-refractivity contribution >= 4 is 11.0 Å². The Kier molecular flexibility index (Phi) is 3.50. The van der Waals surface area contributed by atoms with E-state index < -0.39 is 0 Å². The van der Waals surface area contributed by atoms with Gasteiger partial charge in [-0.1, -0.05) is 12.1 Å². The van der Waals surface area contributed by atoms with Crippen LogP contribution in [0.25, 0.3) is 33.8 Å². The molecule has 4 aromatic rings. The summed E-state index contributed by atoms with van der Waals surface area (Å²) in [6.45, 7) is 4.17. The molecule has 0 bridgehead atoms. The first-order valence-corrected chi connectivity index (χ1v) is 7.84. The van der Waals surface area contributed by atoms with Crippen LogP contribution in [-0.4, -0.2) is 19.9 Å². The van der Waals surface area contributed by atoms with Crippen LogP contribution in [0.4, 0.5) is 0 Å². The minimum absolute atomic E-state index is 0.755. The quantitative estimate of drug-likeness (QED) is 0.551. The molecule has 3 aromatic heterocycles. The van der Waals surface area contributed by atoms with Gasteiger partial charge in [-0.25, -0.2) is 9.97 Å². The maximum atomic E-state index is 4.86. The molecule has 0 saturated carbocycles. The van der Waals surface area contributed by atoms with Crippen LogP contribution in [0.15, 0.2) is 60.9 Å². The fourth-order valence-corrected chi connectivity index (χ4v) is 2.67. The molecule has 0 aliphatic carbocycles. The summed E-state index contributed by atoms with van der Waals surface area (Å²) in [5.74, 6) is 0. The van der Waals surface area contributed by atoms with Crippen molar-refractivity contribution in [2.45, 2.75) is 13.8 Å². The number of fused-ring (bicyclic) bond motifs is 1. The van der Waals surface area contributed by atoms with Crippen LogP contribution in [-0.2, 0) is 0 Å². The highest BCUT2D eigenvalue weighted by Gasteiger charge is 2.15. The zero-order chi connectivity index (χ0) is 16.5. The SMILES string of the molecule is Cc1cc2nc(-c3ccccn3)c(-c3ccccn3)nc2cc1C. The van der Waals surface area contributed by atoms with Gasteiger partial charge in [0.15, 0.2) is 0 Å². The van der Waals surface area contributed by atoms with Gasteiger partial charge in [0.25, 0.3) is 0 Å². The number of nitrogens with zero attached hydrogens (tertiary/aromatic N) is 4. The van der Waals surface area contributed by atoms with Gasteiger partial charge in [0.1, 0.15) is 11.4 Å². The van der Waals surface area contributed by atoms with Crippen molar-refractivity contribution < 1.29 is 0 Å². The Balaban J connectivity index is 2.06. The van der Waals surface area contributed by atoms with Crippen molar-refractivity contribution in [3.8, 4) is 22.8 Å². The summed E-state index contributed by atoms with van der Waals surface area (Å²) >= 11 is 0. The highest BCUT2D eigenvalue weighted by Crippen LogP contribution is 2.29. The van der Waals surface area contributed by atoms with E-state index in [1.165, 1.54) is 11.1 Å². The van der Waals surface area contributed by atoms with Crippen LogP contribution >= 0.6 is 0 Å². The zero-order valence-corrected chi connectivity index (χ0v) is 13.6. The Bertz CT molecular complexity index is 928. The van der Waals surface area contributed by atoms with Crippen molar-refractivity contribution in [2.75, 3.05) is 0 Å². The van der Waals surface area contributed by atoms with Gasteiger partial charge in [0.05, 0.1) is 22.4 Å². The van der Waals surface area contributed by atoms with E-state index in [0.29, 0.717) is 0 Å². The van der Waals surface area contributed by atoms with E-state index in [4.69, 9.17) is 9.97 Å². The second-order valence-electron chi connectivity index (χ2n) is 5.78. The molecule has 24 heavy (non-hydrogen) atoms. The first kappa shape index (κ1) is 14.5. The molecule has 0 N–H and O–H groups in total. The molecule has 0 unspecified atom stereocenters. The topological polar surface area (TPSA) is 51.6 Å². The van der Waals surface area contributed by atoms with E-state index in [2.05, 4.69) is 35.9 Å². The van der Waals surface area contributed by atoms with E-state index >= 15 is 0 Å². The lowest BCUT2D eigenvalue weighted by Crippen LogP contribution is -1.98. The number of rotatable bonds is 2. The van der Waals surface area contributed by atoms with Gasteiger partial charge < -0.3 is 0 Å². The Morgan fingerprint density at radius 2 is 1.08 bits per heavy atom. The predicted octanol–water partition coefficient (Wildman–Crippen LogP) is 4.37. The van der Waals surface area contributed by atoms with Crippen LogP contribution in [0.5, 0.6) is 0 Å². The molecule has 0 amide bonds. The molecule has 0 saturated heterocycles. The third-order valence-corrected chi connectivity index (χ3v) is 4.09. The minimum atomic E-state index is 0.755. The van der Waals surface area contributed by atoms with E-state index in [9.17, 15) is 0 Å². The Hall–Kier alpha value is -3.14. The number of aromatic nitrogens is 4. The Morgan fingerprint density at radius 1 is 0.625 bits per heavy atom. The third kappa shape index (κ3) is 2.52. The second-order valence-corrected chi connectivity index (χ2v) is 5.78. The lowest BCUT2D eigenvalue weighted by atomic mass is 10.1. The maximum Gasteiger partial charge on any atom is 0.117 e. The van der Waals surface area contributed by atoms with E-state index in [0.717, 1.165) is 33.8 Å². The largest absolute Gasteiger partial charge is 0.255 e. The third-order valence-electron chi connectivity index (χ3n) is 4.09. The standard InChI is InChI=1S/C20H16N4/c1-13-11-17-18(12-14(13)2)24-20(16-8-4-6-10-22-16)19(23-17)15-7-3-5-9-21-15/h3-12H,1-2H3. The van der Waals surface area contributed by atoms with Crippen LogP contribution in [0.2, 0.25) is 0 Å². The van der Waals surface area contributed by atoms with Gasteiger partial charge in [-0.2, -0.15) is 0 Å². The Morgan fingerprint density at radius 3 is 1.46 bits per heavy atom. The first-order chi connectivity index (χ1) is 11.7. The second kappa shape index (κ2) is 5.81. The summed E-state index contributed by atoms with van der Waals surface area (Å²) < 4.78 is 0. The van der Waals surface area contributed by atoms with Crippen molar-refractivity contribution in [1.29, 1.82) is 0 Å². The van der Waals surface area contributed by atoms with E-state index in [-0.39, 0.29) is 0 Å². The molecule has 0 spiro atoms. The summed E-state index contributed by atoms with van der Waals surface area (Å²) in [4.78, 5) is 18.6. The van der Waals surface area contributed by atoms with Gasteiger partial charge in [-0.15, -0.1) is 0 Å². The van der Waals surface area contributed by atoms with Gasteiger partial charge in [-0.05, 0) is 61.4 Å².